The lowest BCUT2D eigenvalue weighted by Gasteiger charge is -2.30. The zero-order valence-corrected chi connectivity index (χ0v) is 17.7. The van der Waals surface area contributed by atoms with Crippen LogP contribution in [-0.4, -0.2) is 22.5 Å². The minimum atomic E-state index is -0.0667. The topological polar surface area (TPSA) is 67.4 Å². The summed E-state index contributed by atoms with van der Waals surface area (Å²) >= 11 is 0. The Morgan fingerprint density at radius 3 is 2.56 bits per heavy atom. The van der Waals surface area contributed by atoms with Crippen molar-refractivity contribution in [2.24, 2.45) is 0 Å². The molecule has 160 valence electrons. The molecule has 0 fully saturated rings. The molecule has 2 aromatic carbocycles. The monoisotopic (exact) mass is 424 g/mol. The summed E-state index contributed by atoms with van der Waals surface area (Å²) in [6.07, 6.45) is 5.25. The Bertz CT molecular complexity index is 1260. The number of carbonyl (C=O) groups is 1. The maximum atomic E-state index is 12.7. The Kier molecular flexibility index (Phi) is 5.25. The molecule has 0 spiro atoms. The smallest absolute Gasteiger partial charge is 0.265 e. The number of anilines is 3. The van der Waals surface area contributed by atoms with Crippen LogP contribution in [0.1, 0.15) is 12.6 Å². The molecule has 0 saturated carbocycles. The molecule has 1 amide bonds. The highest BCUT2D eigenvalue weighted by Gasteiger charge is 2.26. The second kappa shape index (κ2) is 8.51. The number of aryl methyl sites for hydroxylation is 1. The summed E-state index contributed by atoms with van der Waals surface area (Å²) in [6.45, 7) is 2.57. The lowest BCUT2D eigenvalue weighted by Crippen LogP contribution is -2.38. The molecule has 0 unspecified atom stereocenters. The van der Waals surface area contributed by atoms with Crippen LogP contribution < -0.4 is 15.0 Å². The normalized spacial score (nSPS) is 12.8. The van der Waals surface area contributed by atoms with Crippen LogP contribution in [0.15, 0.2) is 85.3 Å². The van der Waals surface area contributed by atoms with Crippen molar-refractivity contribution >= 4 is 23.1 Å². The van der Waals surface area contributed by atoms with Crippen molar-refractivity contribution in [2.45, 2.75) is 13.5 Å². The molecule has 0 saturated heterocycles. The van der Waals surface area contributed by atoms with Crippen molar-refractivity contribution in [3.8, 4) is 16.9 Å². The maximum absolute atomic E-state index is 12.7. The SMILES string of the molecule is Cc1ccc(Nc2cc(-c3ccc4c(c3)N(Cc3ccncc3)C(=O)CO4)ccn2)cc1.[HH]. The summed E-state index contributed by atoms with van der Waals surface area (Å²) in [4.78, 5) is 22.9. The Labute approximate surface area is 188 Å². The number of fused-ring (bicyclic) bond motifs is 1. The second-order valence-electron chi connectivity index (χ2n) is 7.73. The summed E-state index contributed by atoms with van der Waals surface area (Å²) in [5.74, 6) is 1.39. The van der Waals surface area contributed by atoms with Gasteiger partial charge in [0.2, 0.25) is 0 Å². The van der Waals surface area contributed by atoms with E-state index in [2.05, 4.69) is 34.3 Å². The third kappa shape index (κ3) is 4.16. The molecule has 3 heterocycles. The van der Waals surface area contributed by atoms with Gasteiger partial charge in [-0.2, -0.15) is 0 Å². The minimum Gasteiger partial charge on any atom is -0.482 e. The first-order valence-electron chi connectivity index (χ1n) is 10.4. The van der Waals surface area contributed by atoms with Crippen molar-refractivity contribution in [2.75, 3.05) is 16.8 Å². The third-order valence-electron chi connectivity index (χ3n) is 5.41. The van der Waals surface area contributed by atoms with E-state index in [1.807, 2.05) is 54.6 Å². The lowest BCUT2D eigenvalue weighted by molar-refractivity contribution is -0.121. The molecule has 0 radical (unpaired) electrons. The molecule has 2 aromatic heterocycles. The highest BCUT2D eigenvalue weighted by atomic mass is 16.5. The van der Waals surface area contributed by atoms with E-state index in [9.17, 15) is 4.79 Å². The van der Waals surface area contributed by atoms with Crippen molar-refractivity contribution in [1.29, 1.82) is 0 Å². The van der Waals surface area contributed by atoms with Gasteiger partial charge in [-0.15, -0.1) is 0 Å². The summed E-state index contributed by atoms with van der Waals surface area (Å²) < 4.78 is 5.68. The fourth-order valence-corrected chi connectivity index (χ4v) is 3.69. The molecule has 1 N–H and O–H groups in total. The summed E-state index contributed by atoms with van der Waals surface area (Å²) in [5.41, 5.74) is 5.95. The molecule has 0 aliphatic carbocycles. The van der Waals surface area contributed by atoms with Crippen LogP contribution in [0, 0.1) is 6.92 Å². The van der Waals surface area contributed by atoms with Crippen LogP contribution >= 0.6 is 0 Å². The Morgan fingerprint density at radius 1 is 0.969 bits per heavy atom. The third-order valence-corrected chi connectivity index (χ3v) is 5.41. The fourth-order valence-electron chi connectivity index (χ4n) is 3.69. The van der Waals surface area contributed by atoms with Gasteiger partial charge in [-0.3, -0.25) is 9.78 Å². The van der Waals surface area contributed by atoms with Crippen LogP contribution in [0.4, 0.5) is 17.2 Å². The maximum Gasteiger partial charge on any atom is 0.265 e. The minimum absolute atomic E-state index is 0. The van der Waals surface area contributed by atoms with E-state index < -0.39 is 0 Å². The van der Waals surface area contributed by atoms with Gasteiger partial charge in [0.05, 0.1) is 12.2 Å². The fraction of sp³-hybridized carbons (Fsp3) is 0.115. The average Bonchev–Trinajstić information content (AvgIpc) is 2.83. The highest BCUT2D eigenvalue weighted by Crippen LogP contribution is 2.37. The summed E-state index contributed by atoms with van der Waals surface area (Å²) in [7, 11) is 0. The Balaban J connectivity index is 0.00000259. The van der Waals surface area contributed by atoms with Crippen molar-refractivity contribution in [1.82, 2.24) is 9.97 Å². The van der Waals surface area contributed by atoms with E-state index in [1.165, 1.54) is 5.56 Å². The summed E-state index contributed by atoms with van der Waals surface area (Å²) in [5, 5.41) is 3.35. The predicted molar refractivity (Wildman–Crippen MR) is 127 cm³/mol. The largest absolute Gasteiger partial charge is 0.482 e. The number of carbonyl (C=O) groups excluding carboxylic acids is 1. The number of benzene rings is 2. The number of pyridine rings is 2. The quantitative estimate of drug-likeness (QED) is 0.467. The molecule has 1 aliphatic rings. The van der Waals surface area contributed by atoms with Crippen LogP contribution in [-0.2, 0) is 11.3 Å². The highest BCUT2D eigenvalue weighted by molar-refractivity contribution is 5.98. The zero-order valence-electron chi connectivity index (χ0n) is 17.7. The number of ether oxygens (including phenoxy) is 1. The molecular formula is C26H24N4O2. The van der Waals surface area contributed by atoms with Crippen LogP contribution in [0.5, 0.6) is 5.75 Å². The molecule has 4 aromatic rings. The molecule has 6 nitrogen and oxygen atoms in total. The number of aromatic nitrogens is 2. The van der Waals surface area contributed by atoms with Crippen molar-refractivity contribution in [3.63, 3.8) is 0 Å². The number of nitrogens with zero attached hydrogens (tertiary/aromatic N) is 3. The number of hydrogen-bond donors (Lipinski definition) is 1. The molecule has 0 atom stereocenters. The van der Waals surface area contributed by atoms with E-state index in [1.54, 1.807) is 23.5 Å². The van der Waals surface area contributed by atoms with Gasteiger partial charge in [0.15, 0.2) is 6.61 Å². The van der Waals surface area contributed by atoms with Gasteiger partial charge in [0.1, 0.15) is 11.6 Å². The molecule has 1 aliphatic heterocycles. The van der Waals surface area contributed by atoms with E-state index in [4.69, 9.17) is 4.74 Å². The van der Waals surface area contributed by atoms with Gasteiger partial charge in [0, 0.05) is 25.7 Å². The van der Waals surface area contributed by atoms with E-state index in [0.717, 1.165) is 33.9 Å². The number of hydrogen-bond acceptors (Lipinski definition) is 5. The first-order chi connectivity index (χ1) is 15.7. The molecule has 5 rings (SSSR count). The number of rotatable bonds is 5. The number of nitrogens with one attached hydrogen (secondary N) is 1. The molecular weight excluding hydrogens is 400 g/mol. The van der Waals surface area contributed by atoms with Crippen molar-refractivity contribution < 1.29 is 11.0 Å². The summed E-state index contributed by atoms with van der Waals surface area (Å²) in [6, 6.07) is 21.9. The van der Waals surface area contributed by atoms with Gasteiger partial charge < -0.3 is 15.0 Å². The second-order valence-corrected chi connectivity index (χ2v) is 7.73. The average molecular weight is 425 g/mol. The zero-order chi connectivity index (χ0) is 21.9. The van der Waals surface area contributed by atoms with Gasteiger partial charge in [-0.1, -0.05) is 23.8 Å². The van der Waals surface area contributed by atoms with Crippen LogP contribution in [0.2, 0.25) is 0 Å². The van der Waals surface area contributed by atoms with Gasteiger partial charge in [-0.05, 0) is 72.1 Å². The van der Waals surface area contributed by atoms with Gasteiger partial charge >= 0.3 is 0 Å². The van der Waals surface area contributed by atoms with Crippen LogP contribution in [0.3, 0.4) is 0 Å². The predicted octanol–water partition coefficient (Wildman–Crippen LogP) is 5.37. The van der Waals surface area contributed by atoms with Crippen LogP contribution in [0.25, 0.3) is 11.1 Å². The lowest BCUT2D eigenvalue weighted by atomic mass is 10.0. The first-order valence-corrected chi connectivity index (χ1v) is 10.4. The van der Waals surface area contributed by atoms with E-state index in [-0.39, 0.29) is 13.9 Å². The molecule has 6 heteroatoms. The van der Waals surface area contributed by atoms with E-state index in [0.29, 0.717) is 12.3 Å². The molecule has 32 heavy (non-hydrogen) atoms. The van der Waals surface area contributed by atoms with Crippen molar-refractivity contribution in [3.05, 3.63) is 96.4 Å². The van der Waals surface area contributed by atoms with E-state index >= 15 is 0 Å². The standard InChI is InChI=1S/C26H22N4O2.H2/c1-18-2-5-22(6-3-18)29-25-15-21(10-13-28-25)20-4-7-24-23(14-20)30(26(31)17-32-24)16-19-8-11-27-12-9-19;/h2-15H,16-17H2,1H3,(H,28,29);1H. The molecule has 0 bridgehead atoms. The first kappa shape index (κ1) is 19.8. The van der Waals surface area contributed by atoms with Gasteiger partial charge in [0.25, 0.3) is 5.91 Å². The number of amides is 1. The Hall–Kier alpha value is -4.19. The van der Waals surface area contributed by atoms with Gasteiger partial charge in [-0.25, -0.2) is 4.98 Å². The Morgan fingerprint density at radius 2 is 1.75 bits per heavy atom.